The molecule has 0 fully saturated rings. The zero-order valence-corrected chi connectivity index (χ0v) is 10.8. The van der Waals surface area contributed by atoms with E-state index in [2.05, 4.69) is 9.72 Å². The molecule has 1 aromatic heterocycles. The van der Waals surface area contributed by atoms with Crippen molar-refractivity contribution in [1.82, 2.24) is 4.98 Å². The molecule has 0 spiro atoms. The van der Waals surface area contributed by atoms with Crippen LogP contribution >= 0.6 is 23.2 Å². The van der Waals surface area contributed by atoms with Crippen molar-refractivity contribution < 1.29 is 18.7 Å². The highest BCUT2D eigenvalue weighted by Gasteiger charge is 2.17. The molecular weight excluding hydrogens is 284 g/mol. The van der Waals surface area contributed by atoms with Crippen LogP contribution in [0, 0.1) is 5.82 Å². The van der Waals surface area contributed by atoms with Gasteiger partial charge >= 0.3 is 5.97 Å². The molecule has 0 amide bonds. The van der Waals surface area contributed by atoms with Gasteiger partial charge in [0.1, 0.15) is 11.1 Å². The Bertz CT molecular complexity index is 527. The van der Waals surface area contributed by atoms with E-state index in [0.717, 1.165) is 6.07 Å². The number of esters is 1. The van der Waals surface area contributed by atoms with Gasteiger partial charge < -0.3 is 4.74 Å². The van der Waals surface area contributed by atoms with Gasteiger partial charge in [-0.25, -0.2) is 14.2 Å². The number of pyridine rings is 1. The summed E-state index contributed by atoms with van der Waals surface area (Å²) in [4.78, 5) is 25.5. The molecule has 1 rings (SSSR count). The number of carbonyl (C=O) groups excluding carboxylic acids is 2. The van der Waals surface area contributed by atoms with Crippen molar-refractivity contribution >= 4 is 40.7 Å². The SMILES string of the molecule is CCOC(=O)CC(=C=O)c1cc(F)c(Cl)nc1Cl. The maximum absolute atomic E-state index is 13.2. The van der Waals surface area contributed by atoms with E-state index >= 15 is 0 Å². The van der Waals surface area contributed by atoms with Crippen LogP contribution in [0.4, 0.5) is 4.39 Å². The van der Waals surface area contributed by atoms with E-state index in [1.807, 2.05) is 0 Å². The normalized spacial score (nSPS) is 9.78. The highest BCUT2D eigenvalue weighted by atomic mass is 35.5. The van der Waals surface area contributed by atoms with Gasteiger partial charge in [0.05, 0.1) is 18.6 Å². The standard InChI is InChI=1S/C11H8Cl2FNO3/c1-2-18-9(17)3-6(5-16)7-4-8(14)11(13)15-10(7)12/h4H,2-3H2,1H3. The van der Waals surface area contributed by atoms with Crippen LogP contribution in [0.15, 0.2) is 6.07 Å². The molecule has 0 N–H and O–H groups in total. The number of rotatable bonds is 4. The molecule has 0 aliphatic carbocycles. The minimum Gasteiger partial charge on any atom is -0.466 e. The van der Waals surface area contributed by atoms with Crippen LogP contribution in [-0.4, -0.2) is 23.5 Å². The highest BCUT2D eigenvalue weighted by molar-refractivity contribution is 6.34. The van der Waals surface area contributed by atoms with Crippen LogP contribution in [0.5, 0.6) is 0 Å². The van der Waals surface area contributed by atoms with Gasteiger partial charge in [0.25, 0.3) is 0 Å². The Hall–Kier alpha value is -1.42. The Morgan fingerprint density at radius 2 is 2.17 bits per heavy atom. The summed E-state index contributed by atoms with van der Waals surface area (Å²) in [5, 5.41) is -0.589. The second-order valence-corrected chi connectivity index (χ2v) is 3.88. The lowest BCUT2D eigenvalue weighted by Crippen LogP contribution is -2.06. The van der Waals surface area contributed by atoms with Gasteiger partial charge in [-0.15, -0.1) is 0 Å². The molecule has 0 saturated carbocycles. The molecule has 0 aliphatic heterocycles. The third-order valence-electron chi connectivity index (χ3n) is 1.96. The first kappa shape index (κ1) is 14.6. The van der Waals surface area contributed by atoms with E-state index < -0.39 is 16.9 Å². The zero-order chi connectivity index (χ0) is 13.7. The Morgan fingerprint density at radius 1 is 1.50 bits per heavy atom. The fourth-order valence-corrected chi connectivity index (χ4v) is 1.64. The van der Waals surface area contributed by atoms with Crippen LogP contribution in [0.25, 0.3) is 5.57 Å². The maximum atomic E-state index is 13.2. The molecule has 96 valence electrons. The topological polar surface area (TPSA) is 56.3 Å². The molecule has 1 aromatic rings. The van der Waals surface area contributed by atoms with Crippen molar-refractivity contribution in [3.63, 3.8) is 0 Å². The summed E-state index contributed by atoms with van der Waals surface area (Å²) in [6, 6.07) is 0.928. The molecule has 1 heterocycles. The number of hydrogen-bond acceptors (Lipinski definition) is 4. The van der Waals surface area contributed by atoms with E-state index in [1.54, 1.807) is 6.92 Å². The summed E-state index contributed by atoms with van der Waals surface area (Å²) < 4.78 is 17.9. The average molecular weight is 292 g/mol. The van der Waals surface area contributed by atoms with Gasteiger partial charge in [-0.05, 0) is 13.0 Å². The second kappa shape index (κ2) is 6.50. The predicted molar refractivity (Wildman–Crippen MR) is 64.6 cm³/mol. The summed E-state index contributed by atoms with van der Waals surface area (Å²) in [5.74, 6) is 0.0499. The Balaban J connectivity index is 3.07. The molecule has 7 heteroatoms. The van der Waals surface area contributed by atoms with Crippen LogP contribution in [-0.2, 0) is 14.3 Å². The van der Waals surface area contributed by atoms with Crippen molar-refractivity contribution in [2.24, 2.45) is 0 Å². The molecule has 0 aliphatic rings. The molecule has 0 unspecified atom stereocenters. The van der Waals surface area contributed by atoms with E-state index in [0.29, 0.717) is 0 Å². The third-order valence-corrected chi connectivity index (χ3v) is 2.51. The molecule has 0 atom stereocenters. The lowest BCUT2D eigenvalue weighted by molar-refractivity contribution is -0.141. The molecule has 18 heavy (non-hydrogen) atoms. The minimum atomic E-state index is -0.840. The van der Waals surface area contributed by atoms with Gasteiger partial charge in [0, 0.05) is 5.56 Å². The number of ether oxygens (including phenoxy) is 1. The van der Waals surface area contributed by atoms with Crippen LogP contribution in [0.1, 0.15) is 18.9 Å². The van der Waals surface area contributed by atoms with E-state index in [9.17, 15) is 14.0 Å². The number of nitrogens with zero attached hydrogens (tertiary/aromatic N) is 1. The quantitative estimate of drug-likeness (QED) is 0.486. The zero-order valence-electron chi connectivity index (χ0n) is 9.30. The first-order valence-corrected chi connectivity index (χ1v) is 5.66. The van der Waals surface area contributed by atoms with Crippen molar-refractivity contribution in [2.45, 2.75) is 13.3 Å². The first-order chi connectivity index (χ1) is 8.49. The van der Waals surface area contributed by atoms with Gasteiger partial charge in [0.15, 0.2) is 11.0 Å². The van der Waals surface area contributed by atoms with Gasteiger partial charge in [0.2, 0.25) is 0 Å². The minimum absolute atomic E-state index is 0.0263. The van der Waals surface area contributed by atoms with E-state index in [1.165, 1.54) is 5.94 Å². The van der Waals surface area contributed by atoms with E-state index in [4.69, 9.17) is 23.2 Å². The van der Waals surface area contributed by atoms with Gasteiger partial charge in [-0.1, -0.05) is 23.2 Å². The molecular formula is C11H8Cl2FNO3. The predicted octanol–water partition coefficient (Wildman–Crippen LogP) is 2.70. The Morgan fingerprint density at radius 3 is 2.72 bits per heavy atom. The average Bonchev–Trinajstić information content (AvgIpc) is 2.31. The third kappa shape index (κ3) is 3.53. The highest BCUT2D eigenvalue weighted by Crippen LogP contribution is 2.26. The van der Waals surface area contributed by atoms with Crippen LogP contribution in [0.3, 0.4) is 0 Å². The lowest BCUT2D eigenvalue weighted by atomic mass is 10.1. The summed E-state index contributed by atoms with van der Waals surface area (Å²) in [6.07, 6.45) is -0.361. The number of halogens is 3. The van der Waals surface area contributed by atoms with Crippen molar-refractivity contribution in [3.05, 3.63) is 27.8 Å². The molecule has 0 bridgehead atoms. The first-order valence-electron chi connectivity index (χ1n) is 4.91. The Labute approximate surface area is 112 Å². The molecule has 0 saturated heterocycles. The fourth-order valence-electron chi connectivity index (χ4n) is 1.20. The number of hydrogen-bond donors (Lipinski definition) is 0. The Kier molecular flexibility index (Phi) is 5.28. The second-order valence-electron chi connectivity index (χ2n) is 3.16. The number of aromatic nitrogens is 1. The smallest absolute Gasteiger partial charge is 0.311 e. The molecule has 0 aromatic carbocycles. The molecule has 4 nitrogen and oxygen atoms in total. The summed E-state index contributed by atoms with van der Waals surface area (Å²) in [7, 11) is 0. The monoisotopic (exact) mass is 291 g/mol. The van der Waals surface area contributed by atoms with Crippen LogP contribution in [0.2, 0.25) is 10.3 Å². The summed E-state index contributed by atoms with van der Waals surface area (Å²) in [6.45, 7) is 1.80. The van der Waals surface area contributed by atoms with Crippen molar-refractivity contribution in [1.29, 1.82) is 0 Å². The lowest BCUT2D eigenvalue weighted by Gasteiger charge is -2.06. The van der Waals surface area contributed by atoms with E-state index in [-0.39, 0.29) is 29.3 Å². The summed E-state index contributed by atoms with van der Waals surface area (Å²) in [5.41, 5.74) is -0.164. The van der Waals surface area contributed by atoms with Gasteiger partial charge in [-0.3, -0.25) is 4.79 Å². The van der Waals surface area contributed by atoms with Crippen molar-refractivity contribution in [2.75, 3.05) is 6.61 Å². The molecule has 0 radical (unpaired) electrons. The van der Waals surface area contributed by atoms with Crippen LogP contribution < -0.4 is 0 Å². The largest absolute Gasteiger partial charge is 0.466 e. The summed E-state index contributed by atoms with van der Waals surface area (Å²) >= 11 is 11.1. The van der Waals surface area contributed by atoms with Gasteiger partial charge in [-0.2, -0.15) is 0 Å². The maximum Gasteiger partial charge on any atom is 0.311 e. The fraction of sp³-hybridized carbons (Fsp3) is 0.273. The number of carbonyl (C=O) groups is 1. The van der Waals surface area contributed by atoms with Crippen molar-refractivity contribution in [3.8, 4) is 0 Å².